The molecule has 0 bridgehead atoms. The Morgan fingerprint density at radius 1 is 1.45 bits per heavy atom. The van der Waals surface area contributed by atoms with E-state index in [0.29, 0.717) is 6.42 Å². The average Bonchev–Trinajstić information content (AvgIpc) is 1.49. The maximum atomic E-state index is 12.8. The van der Waals surface area contributed by atoms with Gasteiger partial charge in [0.25, 0.3) is 0 Å². The minimum Gasteiger partial charge on any atom is -0.246 e. The number of hydrogen-bond donors (Lipinski definition) is 0. The van der Waals surface area contributed by atoms with Crippen LogP contribution in [0.5, 0.6) is 0 Å². The molecule has 4 heteroatoms. The van der Waals surface area contributed by atoms with Gasteiger partial charge in [0.05, 0.1) is 11.5 Å². The van der Waals surface area contributed by atoms with Gasteiger partial charge in [-0.05, 0) is 11.8 Å². The van der Waals surface area contributed by atoms with Crippen LogP contribution in [-0.4, -0.2) is 26.1 Å². The lowest BCUT2D eigenvalue weighted by molar-refractivity contribution is 0.230. The molecule has 0 aromatic rings. The van der Waals surface area contributed by atoms with Crippen LogP contribution in [0.1, 0.15) is 20.3 Å². The van der Waals surface area contributed by atoms with E-state index in [4.69, 9.17) is 0 Å². The van der Waals surface area contributed by atoms with Crippen LogP contribution in [-0.2, 0) is 9.84 Å². The smallest absolute Gasteiger partial charge is 0.153 e. The molecule has 0 radical (unpaired) electrons. The summed E-state index contributed by atoms with van der Waals surface area (Å²) in [6.07, 6.45) is -0.796. The summed E-state index contributed by atoms with van der Waals surface area (Å²) in [7, 11) is -3.11. The first-order valence-electron chi connectivity index (χ1n) is 3.65. The summed E-state index contributed by atoms with van der Waals surface area (Å²) in [5.41, 5.74) is -0.378. The molecule has 66 valence electrons. The quantitative estimate of drug-likeness (QED) is 0.560. The Morgan fingerprint density at radius 3 is 2.36 bits per heavy atom. The largest absolute Gasteiger partial charge is 0.246 e. The molecule has 1 aliphatic rings. The molecule has 0 aliphatic carbocycles. The highest BCUT2D eigenvalue weighted by Gasteiger charge is 2.36. The Hall–Kier alpha value is -0.120. The first-order valence-corrected chi connectivity index (χ1v) is 5.47. The summed E-state index contributed by atoms with van der Waals surface area (Å²) >= 11 is 0. The lowest BCUT2D eigenvalue weighted by Gasteiger charge is -2.30. The zero-order valence-electron chi connectivity index (χ0n) is 6.80. The zero-order valence-corrected chi connectivity index (χ0v) is 7.62. The molecule has 1 rings (SSSR count). The van der Waals surface area contributed by atoms with E-state index in [1.54, 1.807) is 13.8 Å². The molecule has 1 fully saturated rings. The second-order valence-electron chi connectivity index (χ2n) is 4.02. The summed E-state index contributed by atoms with van der Waals surface area (Å²) in [6, 6.07) is 0. The molecular weight excluding hydrogens is 167 g/mol. The normalized spacial score (nSPS) is 35.0. The van der Waals surface area contributed by atoms with E-state index in [1.165, 1.54) is 0 Å². The van der Waals surface area contributed by atoms with Gasteiger partial charge >= 0.3 is 0 Å². The molecule has 1 saturated heterocycles. The molecule has 0 N–H and O–H groups in total. The third-order valence-corrected chi connectivity index (χ3v) is 3.91. The van der Waals surface area contributed by atoms with E-state index in [9.17, 15) is 12.8 Å². The van der Waals surface area contributed by atoms with Gasteiger partial charge in [0.1, 0.15) is 6.17 Å². The summed E-state index contributed by atoms with van der Waals surface area (Å²) in [4.78, 5) is 0. The lowest BCUT2D eigenvalue weighted by Crippen LogP contribution is -2.38. The van der Waals surface area contributed by atoms with Crippen molar-refractivity contribution in [1.29, 1.82) is 0 Å². The SMILES string of the molecule is CC1(C)CC(F)CS(=O)(=O)C1. The molecule has 0 saturated carbocycles. The number of alkyl halides is 1. The van der Waals surface area contributed by atoms with Gasteiger partial charge in [-0.3, -0.25) is 0 Å². The first kappa shape index (κ1) is 8.97. The molecule has 1 aliphatic heterocycles. The van der Waals surface area contributed by atoms with Crippen LogP contribution in [0.3, 0.4) is 0 Å². The Kier molecular flexibility index (Phi) is 1.99. The molecular formula is C7H13FO2S. The molecule has 1 unspecified atom stereocenters. The predicted molar refractivity (Wildman–Crippen MR) is 41.9 cm³/mol. The number of sulfone groups is 1. The van der Waals surface area contributed by atoms with E-state index >= 15 is 0 Å². The standard InChI is InChI=1S/C7H13FO2S/c1-7(2)3-6(8)4-11(9,10)5-7/h6H,3-5H2,1-2H3. The fourth-order valence-corrected chi connectivity index (χ4v) is 3.74. The van der Waals surface area contributed by atoms with Gasteiger partial charge in [0, 0.05) is 0 Å². The van der Waals surface area contributed by atoms with E-state index in [-0.39, 0.29) is 16.9 Å². The molecule has 1 atom stereocenters. The van der Waals surface area contributed by atoms with Crippen molar-refractivity contribution in [2.75, 3.05) is 11.5 Å². The van der Waals surface area contributed by atoms with E-state index < -0.39 is 16.0 Å². The summed E-state index contributed by atoms with van der Waals surface area (Å²) in [5.74, 6) is -0.156. The number of halogens is 1. The third-order valence-electron chi connectivity index (χ3n) is 1.82. The predicted octanol–water partition coefficient (Wildman–Crippen LogP) is 1.17. The van der Waals surface area contributed by atoms with Gasteiger partial charge in [-0.25, -0.2) is 12.8 Å². The molecule has 0 amide bonds. The fourth-order valence-electron chi connectivity index (χ4n) is 1.65. The Morgan fingerprint density at radius 2 is 2.00 bits per heavy atom. The van der Waals surface area contributed by atoms with Crippen LogP contribution in [0.25, 0.3) is 0 Å². The highest BCUT2D eigenvalue weighted by Crippen LogP contribution is 2.31. The highest BCUT2D eigenvalue weighted by atomic mass is 32.2. The van der Waals surface area contributed by atoms with Crippen molar-refractivity contribution in [3.05, 3.63) is 0 Å². The molecule has 0 aromatic carbocycles. The Labute approximate surface area is 66.7 Å². The van der Waals surface area contributed by atoms with Crippen molar-refractivity contribution in [2.45, 2.75) is 26.4 Å². The Bertz CT molecular complexity index is 243. The molecule has 0 aromatic heterocycles. The van der Waals surface area contributed by atoms with E-state index in [1.807, 2.05) is 0 Å². The van der Waals surface area contributed by atoms with Gasteiger partial charge in [-0.1, -0.05) is 13.8 Å². The van der Waals surface area contributed by atoms with E-state index in [0.717, 1.165) is 0 Å². The van der Waals surface area contributed by atoms with Crippen LogP contribution >= 0.6 is 0 Å². The van der Waals surface area contributed by atoms with E-state index in [2.05, 4.69) is 0 Å². The van der Waals surface area contributed by atoms with Crippen LogP contribution in [0, 0.1) is 5.41 Å². The Balaban J connectivity index is 2.83. The van der Waals surface area contributed by atoms with Crippen molar-refractivity contribution >= 4 is 9.84 Å². The van der Waals surface area contributed by atoms with Crippen molar-refractivity contribution in [3.63, 3.8) is 0 Å². The zero-order chi connectivity index (χ0) is 8.70. The van der Waals surface area contributed by atoms with Crippen LogP contribution < -0.4 is 0 Å². The van der Waals surface area contributed by atoms with Crippen LogP contribution in [0.15, 0.2) is 0 Å². The minimum atomic E-state index is -3.11. The molecule has 1 heterocycles. The molecule has 0 spiro atoms. The minimum absolute atomic E-state index is 0.125. The summed E-state index contributed by atoms with van der Waals surface area (Å²) < 4.78 is 34.9. The van der Waals surface area contributed by atoms with Gasteiger partial charge < -0.3 is 0 Å². The second kappa shape index (κ2) is 2.44. The van der Waals surface area contributed by atoms with Gasteiger partial charge in [0.2, 0.25) is 0 Å². The maximum Gasteiger partial charge on any atom is 0.153 e. The van der Waals surface area contributed by atoms with Crippen LogP contribution in [0.2, 0.25) is 0 Å². The fraction of sp³-hybridized carbons (Fsp3) is 1.00. The van der Waals surface area contributed by atoms with Gasteiger partial charge in [-0.15, -0.1) is 0 Å². The second-order valence-corrected chi connectivity index (χ2v) is 6.13. The highest BCUT2D eigenvalue weighted by molar-refractivity contribution is 7.91. The summed E-state index contributed by atoms with van der Waals surface area (Å²) in [5, 5.41) is 0. The molecule has 2 nitrogen and oxygen atoms in total. The third kappa shape index (κ3) is 2.43. The van der Waals surface area contributed by atoms with Crippen LogP contribution in [0.4, 0.5) is 4.39 Å². The topological polar surface area (TPSA) is 34.1 Å². The number of hydrogen-bond acceptors (Lipinski definition) is 2. The number of rotatable bonds is 0. The van der Waals surface area contributed by atoms with Crippen molar-refractivity contribution in [3.8, 4) is 0 Å². The van der Waals surface area contributed by atoms with Crippen molar-refractivity contribution in [1.82, 2.24) is 0 Å². The monoisotopic (exact) mass is 180 g/mol. The van der Waals surface area contributed by atoms with Crippen molar-refractivity contribution in [2.24, 2.45) is 5.41 Å². The van der Waals surface area contributed by atoms with Crippen molar-refractivity contribution < 1.29 is 12.8 Å². The summed E-state index contributed by atoms with van der Waals surface area (Å²) in [6.45, 7) is 3.58. The van der Waals surface area contributed by atoms with Gasteiger partial charge in [-0.2, -0.15) is 0 Å². The first-order chi connectivity index (χ1) is 4.81. The maximum absolute atomic E-state index is 12.8. The molecule has 11 heavy (non-hydrogen) atoms. The lowest BCUT2D eigenvalue weighted by atomic mass is 9.89. The van der Waals surface area contributed by atoms with Gasteiger partial charge in [0.15, 0.2) is 9.84 Å². The average molecular weight is 180 g/mol.